The molecule has 4 rings (SSSR count). The van der Waals surface area contributed by atoms with E-state index in [4.69, 9.17) is 4.74 Å². The minimum Gasteiger partial charge on any atom is -0.497 e. The van der Waals surface area contributed by atoms with Crippen LogP contribution in [0.25, 0.3) is 0 Å². The van der Waals surface area contributed by atoms with Gasteiger partial charge in [-0.15, -0.1) is 0 Å². The molecule has 262 valence electrons. The zero-order valence-electron chi connectivity index (χ0n) is 30.8. The number of ether oxygens (including phenoxy) is 2. The van der Waals surface area contributed by atoms with Crippen LogP contribution in [-0.2, 0) is 24.4 Å². The minimum atomic E-state index is -3.00. The average Bonchev–Trinajstić information content (AvgIpc) is 3.10. The summed E-state index contributed by atoms with van der Waals surface area (Å²) in [6.45, 7) is 18.1. The van der Waals surface area contributed by atoms with Crippen molar-refractivity contribution in [1.82, 2.24) is 0 Å². The highest BCUT2D eigenvalue weighted by Gasteiger charge is 2.03. The predicted molar refractivity (Wildman–Crippen MR) is 202 cm³/mol. The normalized spacial score (nSPS) is 8.65. The summed E-state index contributed by atoms with van der Waals surface area (Å²) in [5.41, 5.74) is 1.32. The van der Waals surface area contributed by atoms with E-state index in [0.717, 1.165) is 5.75 Å². The van der Waals surface area contributed by atoms with Crippen molar-refractivity contribution in [3.63, 3.8) is 0 Å². The molecule has 0 fully saturated rings. The Hall–Kier alpha value is -3.46. The van der Waals surface area contributed by atoms with Crippen LogP contribution in [0, 0.1) is 6.92 Å². The molecule has 0 amide bonds. The van der Waals surface area contributed by atoms with Crippen molar-refractivity contribution < 1.29 is 26.3 Å². The molecule has 0 heterocycles. The van der Waals surface area contributed by atoms with E-state index in [1.807, 2.05) is 104 Å². The number of rotatable bonds is 3. The molecule has 46 heavy (non-hydrogen) atoms. The fourth-order valence-electron chi connectivity index (χ4n) is 2.43. The van der Waals surface area contributed by atoms with E-state index in [1.54, 1.807) is 82.0 Å². The van der Waals surface area contributed by atoms with Gasteiger partial charge in [0.2, 0.25) is 0 Å². The van der Waals surface area contributed by atoms with Crippen LogP contribution < -0.4 is 4.74 Å². The monoisotopic (exact) mass is 678 g/mol. The summed E-state index contributed by atoms with van der Waals surface area (Å²) in [5, 5.41) is 0. The van der Waals surface area contributed by atoms with Crippen LogP contribution in [0.5, 0.6) is 5.75 Å². The van der Waals surface area contributed by atoms with E-state index in [9.17, 15) is 16.8 Å². The van der Waals surface area contributed by atoms with Crippen molar-refractivity contribution in [2.75, 3.05) is 33.8 Å². The maximum Gasteiger partial charge on any atom is 0.175 e. The molecule has 0 aliphatic carbocycles. The van der Waals surface area contributed by atoms with E-state index in [-0.39, 0.29) is 0 Å². The molecule has 6 nitrogen and oxygen atoms in total. The number of benzene rings is 4. The first-order valence-corrected chi connectivity index (χ1v) is 19.2. The zero-order chi connectivity index (χ0) is 36.9. The van der Waals surface area contributed by atoms with Gasteiger partial charge in [-0.1, -0.05) is 146 Å². The van der Waals surface area contributed by atoms with Gasteiger partial charge in [-0.25, -0.2) is 16.8 Å². The Labute approximate surface area is 283 Å². The Morgan fingerprint density at radius 1 is 0.413 bits per heavy atom. The van der Waals surface area contributed by atoms with E-state index in [1.165, 1.54) is 18.1 Å². The van der Waals surface area contributed by atoms with Gasteiger partial charge in [0.1, 0.15) is 5.75 Å². The highest BCUT2D eigenvalue weighted by Crippen LogP contribution is 2.07. The number of hydrogen-bond donors (Lipinski definition) is 0. The second-order valence-electron chi connectivity index (χ2n) is 7.75. The first kappa shape index (κ1) is 52.1. The van der Waals surface area contributed by atoms with E-state index < -0.39 is 19.7 Å². The molecule has 4 aromatic rings. The standard InChI is InChI=1S/2C7H8O2S.C7H8O.C7H8.C2H6O.4C2H6/c2*1-10(8,9)7-5-3-2-4-6-7;1-8-7-5-3-2-4-6-7;1-7-5-3-2-4-6-7;1-3-2;4*1-2/h2*2-6H,1H3;2-6H,1H3;2-6H,1H3;1-2H3;4*1-2H3. The molecular weight excluding hydrogens is 617 g/mol. The molecular formula is C38H62O6S2. The number of methoxy groups -OCH3 is 2. The van der Waals surface area contributed by atoms with E-state index >= 15 is 0 Å². The Morgan fingerprint density at radius 2 is 0.630 bits per heavy atom. The lowest BCUT2D eigenvalue weighted by Crippen LogP contribution is -1.95. The van der Waals surface area contributed by atoms with Crippen LogP contribution in [0.2, 0.25) is 0 Å². The number of hydrogen-bond acceptors (Lipinski definition) is 6. The minimum absolute atomic E-state index is 0.370. The number of para-hydroxylation sites is 1. The van der Waals surface area contributed by atoms with Crippen molar-refractivity contribution in [3.8, 4) is 5.75 Å². The highest BCUT2D eigenvalue weighted by molar-refractivity contribution is 7.91. The molecule has 0 N–H and O–H groups in total. The molecule has 4 aromatic carbocycles. The van der Waals surface area contributed by atoms with Gasteiger partial charge in [0, 0.05) is 26.7 Å². The first-order chi connectivity index (χ1) is 22.0. The molecule has 0 atom stereocenters. The molecule has 0 unspecified atom stereocenters. The Morgan fingerprint density at radius 3 is 0.761 bits per heavy atom. The fourth-order valence-corrected chi connectivity index (χ4v) is 3.73. The van der Waals surface area contributed by atoms with Crippen molar-refractivity contribution in [2.24, 2.45) is 0 Å². The van der Waals surface area contributed by atoms with Gasteiger partial charge in [0.15, 0.2) is 19.7 Å². The lowest BCUT2D eigenvalue weighted by molar-refractivity contribution is 0.277. The lowest BCUT2D eigenvalue weighted by Gasteiger charge is -1.93. The third-order valence-corrected chi connectivity index (χ3v) is 6.52. The van der Waals surface area contributed by atoms with Crippen molar-refractivity contribution in [1.29, 1.82) is 0 Å². The average molecular weight is 679 g/mol. The maximum atomic E-state index is 10.8. The third kappa shape index (κ3) is 35.0. The van der Waals surface area contributed by atoms with E-state index in [2.05, 4.69) is 23.8 Å². The third-order valence-electron chi connectivity index (χ3n) is 4.26. The number of aryl methyl sites for hydroxylation is 1. The Bertz CT molecular complexity index is 1250. The summed E-state index contributed by atoms with van der Waals surface area (Å²) in [7, 11) is -1.09. The topological polar surface area (TPSA) is 86.7 Å². The van der Waals surface area contributed by atoms with E-state index in [0.29, 0.717) is 9.79 Å². The van der Waals surface area contributed by atoms with Gasteiger partial charge in [-0.3, -0.25) is 0 Å². The molecule has 0 aliphatic heterocycles. The van der Waals surface area contributed by atoms with Crippen LogP contribution in [0.3, 0.4) is 0 Å². The zero-order valence-corrected chi connectivity index (χ0v) is 32.4. The van der Waals surface area contributed by atoms with Gasteiger partial charge >= 0.3 is 0 Å². The van der Waals surface area contributed by atoms with Gasteiger partial charge in [0.05, 0.1) is 16.9 Å². The predicted octanol–water partition coefficient (Wildman–Crippen LogP) is 10.2. The molecule has 0 spiro atoms. The fraction of sp³-hybridized carbons (Fsp3) is 0.368. The highest BCUT2D eigenvalue weighted by atomic mass is 32.2. The smallest absolute Gasteiger partial charge is 0.175 e. The molecule has 0 aromatic heterocycles. The molecule has 0 bridgehead atoms. The lowest BCUT2D eigenvalue weighted by atomic mass is 10.2. The van der Waals surface area contributed by atoms with Gasteiger partial charge < -0.3 is 9.47 Å². The van der Waals surface area contributed by atoms with Crippen molar-refractivity contribution >= 4 is 19.7 Å². The second-order valence-corrected chi connectivity index (χ2v) is 11.8. The Kier molecular flexibility index (Phi) is 42.7. The molecule has 0 aliphatic rings. The van der Waals surface area contributed by atoms with Gasteiger partial charge in [0.25, 0.3) is 0 Å². The summed E-state index contributed by atoms with van der Waals surface area (Å²) in [4.78, 5) is 0.741. The van der Waals surface area contributed by atoms with Gasteiger partial charge in [-0.05, 0) is 43.3 Å². The first-order valence-electron chi connectivity index (χ1n) is 15.5. The van der Waals surface area contributed by atoms with Crippen LogP contribution in [0.15, 0.2) is 131 Å². The Balaban J connectivity index is -0.000000148. The summed E-state index contributed by atoms with van der Waals surface area (Å²) in [6, 6.07) is 36.6. The van der Waals surface area contributed by atoms with Crippen LogP contribution in [0.4, 0.5) is 0 Å². The summed E-state index contributed by atoms with van der Waals surface area (Å²) >= 11 is 0. The summed E-state index contributed by atoms with van der Waals surface area (Å²) in [5.74, 6) is 0.910. The van der Waals surface area contributed by atoms with Crippen molar-refractivity contribution in [3.05, 3.63) is 127 Å². The molecule has 0 saturated carbocycles. The summed E-state index contributed by atoms with van der Waals surface area (Å²) < 4.78 is 52.5. The van der Waals surface area contributed by atoms with Crippen LogP contribution >= 0.6 is 0 Å². The van der Waals surface area contributed by atoms with Gasteiger partial charge in [-0.2, -0.15) is 0 Å². The largest absolute Gasteiger partial charge is 0.497 e. The quantitative estimate of drug-likeness (QED) is 0.214. The summed E-state index contributed by atoms with van der Waals surface area (Å²) in [6.07, 6.45) is 2.39. The second kappa shape index (κ2) is 37.7. The van der Waals surface area contributed by atoms with Crippen molar-refractivity contribution in [2.45, 2.75) is 72.1 Å². The molecule has 0 saturated heterocycles. The number of sulfone groups is 2. The van der Waals surface area contributed by atoms with Crippen LogP contribution in [-0.4, -0.2) is 50.7 Å². The molecule has 8 heteroatoms. The SMILES string of the molecule is CC.CC.CC.CC.COC.COc1ccccc1.CS(=O)(=O)c1ccccc1.CS(=O)(=O)c1ccccc1.Cc1ccccc1. The van der Waals surface area contributed by atoms with Crippen LogP contribution in [0.1, 0.15) is 61.0 Å². The molecule has 0 radical (unpaired) electrons. The maximum absolute atomic E-state index is 10.8.